The van der Waals surface area contributed by atoms with E-state index < -0.39 is 0 Å². The smallest absolute Gasteiger partial charge is 0.142 e. The van der Waals surface area contributed by atoms with Gasteiger partial charge < -0.3 is 19.5 Å². The summed E-state index contributed by atoms with van der Waals surface area (Å²) < 4.78 is 19.0. The Bertz CT molecular complexity index is 1100. The van der Waals surface area contributed by atoms with Gasteiger partial charge in [0.2, 0.25) is 0 Å². The number of aromatic nitrogens is 1. The van der Waals surface area contributed by atoms with Crippen molar-refractivity contribution in [3.63, 3.8) is 0 Å². The maximum absolute atomic E-state index is 13.5. The van der Waals surface area contributed by atoms with Gasteiger partial charge in [-0.25, -0.2) is 4.39 Å². The zero-order valence-electron chi connectivity index (χ0n) is 22.2. The van der Waals surface area contributed by atoms with Gasteiger partial charge in [-0.1, -0.05) is 18.6 Å². The van der Waals surface area contributed by atoms with Crippen LogP contribution >= 0.6 is 37.2 Å². The Labute approximate surface area is 245 Å². The number of piperazine rings is 1. The van der Waals surface area contributed by atoms with Crippen LogP contribution in [-0.2, 0) is 0 Å². The van der Waals surface area contributed by atoms with Gasteiger partial charge in [0.1, 0.15) is 11.6 Å². The molecule has 1 N–H and O–H groups in total. The number of unbranched alkanes of at least 4 members (excludes halogenated alkanes) is 2. The van der Waals surface area contributed by atoms with Crippen molar-refractivity contribution < 1.29 is 9.13 Å². The molecule has 2 aliphatic heterocycles. The van der Waals surface area contributed by atoms with E-state index in [0.29, 0.717) is 5.92 Å². The topological polar surface area (TPSA) is 34.7 Å². The van der Waals surface area contributed by atoms with Gasteiger partial charge in [-0.05, 0) is 93.7 Å². The number of hydrogen-bond acceptors (Lipinski definition) is 4. The number of hydrogen-bond donors (Lipinski definition) is 1. The third-order valence-electron chi connectivity index (χ3n) is 7.95. The van der Waals surface area contributed by atoms with Crippen molar-refractivity contribution in [2.75, 3.05) is 64.4 Å². The molecule has 9 heteroatoms. The van der Waals surface area contributed by atoms with Crippen LogP contribution < -0.4 is 9.64 Å². The summed E-state index contributed by atoms with van der Waals surface area (Å²) in [6.07, 6.45) is 8.37. The van der Waals surface area contributed by atoms with Gasteiger partial charge in [0, 0.05) is 43.3 Å². The minimum absolute atomic E-state index is 0. The molecule has 2 saturated heterocycles. The van der Waals surface area contributed by atoms with Gasteiger partial charge in [0.25, 0.3) is 0 Å². The molecule has 5 rings (SSSR count). The van der Waals surface area contributed by atoms with Gasteiger partial charge in [-0.3, -0.25) is 4.90 Å². The van der Waals surface area contributed by atoms with Crippen LogP contribution in [0.4, 0.5) is 10.1 Å². The molecule has 1 aromatic heterocycles. The average molecular weight is 588 g/mol. The molecule has 0 amide bonds. The van der Waals surface area contributed by atoms with E-state index in [2.05, 4.69) is 44.1 Å². The molecular weight excluding hydrogens is 546 g/mol. The zero-order valence-corrected chi connectivity index (χ0v) is 24.7. The molecule has 2 aromatic carbocycles. The molecule has 212 valence electrons. The van der Waals surface area contributed by atoms with Crippen LogP contribution in [-0.4, -0.2) is 74.3 Å². The maximum atomic E-state index is 13.5. The van der Waals surface area contributed by atoms with E-state index in [4.69, 9.17) is 4.74 Å². The molecule has 0 aliphatic carbocycles. The molecule has 38 heavy (non-hydrogen) atoms. The third-order valence-corrected chi connectivity index (χ3v) is 7.95. The Balaban J connectivity index is 0.00000169. The standard InChI is InChI=1S/C29H39FN4O.3ClH/c1-35-29-8-4-3-7-28(29)34-19-17-33(18-20-34)14-6-2-5-13-32-15-11-23(12-16-32)26-22-31-27-21-24(30)9-10-25(26)27;;;/h3-4,7-10,21-23,31H,2,5-6,11-20H2,1H3;3*1H. The lowest BCUT2D eigenvalue weighted by atomic mass is 9.89. The molecule has 2 fully saturated rings. The number of likely N-dealkylation sites (tertiary alicyclic amines) is 1. The molecule has 0 radical (unpaired) electrons. The predicted octanol–water partition coefficient (Wildman–Crippen LogP) is 6.75. The lowest BCUT2D eigenvalue weighted by Crippen LogP contribution is -2.46. The first kappa shape index (κ1) is 32.5. The van der Waals surface area contributed by atoms with Crippen molar-refractivity contribution in [3.05, 3.63) is 60.0 Å². The maximum Gasteiger partial charge on any atom is 0.142 e. The van der Waals surface area contributed by atoms with Crippen LogP contribution in [0.15, 0.2) is 48.7 Å². The van der Waals surface area contributed by atoms with Gasteiger partial charge in [-0.15, -0.1) is 37.2 Å². The normalized spacial score (nSPS) is 16.9. The van der Waals surface area contributed by atoms with Gasteiger partial charge in [-0.2, -0.15) is 0 Å². The van der Waals surface area contributed by atoms with E-state index >= 15 is 0 Å². The van der Waals surface area contributed by atoms with E-state index in [0.717, 1.165) is 37.4 Å². The molecule has 0 spiro atoms. The second-order valence-electron chi connectivity index (χ2n) is 10.1. The summed E-state index contributed by atoms with van der Waals surface area (Å²) in [5.74, 6) is 1.39. The monoisotopic (exact) mass is 586 g/mol. The highest BCUT2D eigenvalue weighted by atomic mass is 35.5. The van der Waals surface area contributed by atoms with Crippen molar-refractivity contribution in [2.24, 2.45) is 0 Å². The Morgan fingerprint density at radius 3 is 2.18 bits per heavy atom. The number of rotatable bonds is 9. The number of nitrogens with zero attached hydrogens (tertiary/aromatic N) is 3. The highest BCUT2D eigenvalue weighted by Gasteiger charge is 2.23. The average Bonchev–Trinajstić information content (AvgIpc) is 3.32. The molecule has 0 atom stereocenters. The van der Waals surface area contributed by atoms with Gasteiger partial charge >= 0.3 is 0 Å². The molecule has 0 saturated carbocycles. The zero-order chi connectivity index (χ0) is 24.0. The van der Waals surface area contributed by atoms with Crippen LogP contribution in [0, 0.1) is 5.82 Å². The number of halogens is 4. The molecule has 0 unspecified atom stereocenters. The van der Waals surface area contributed by atoms with Crippen molar-refractivity contribution in [2.45, 2.75) is 38.0 Å². The number of nitrogens with one attached hydrogen (secondary N) is 1. The largest absolute Gasteiger partial charge is 0.495 e. The van der Waals surface area contributed by atoms with E-state index in [9.17, 15) is 4.39 Å². The Kier molecular flexibility index (Phi) is 13.5. The van der Waals surface area contributed by atoms with E-state index in [1.165, 1.54) is 74.9 Å². The fourth-order valence-electron chi connectivity index (χ4n) is 5.88. The SMILES string of the molecule is COc1ccccc1N1CCN(CCCCCN2CCC(c3c[nH]c4cc(F)ccc34)CC2)CC1.Cl.Cl.Cl. The first-order chi connectivity index (χ1) is 17.2. The number of anilines is 1. The summed E-state index contributed by atoms with van der Waals surface area (Å²) in [5, 5.41) is 1.19. The minimum Gasteiger partial charge on any atom is -0.495 e. The van der Waals surface area contributed by atoms with Crippen LogP contribution in [0.3, 0.4) is 0 Å². The Morgan fingerprint density at radius 2 is 1.50 bits per heavy atom. The van der Waals surface area contributed by atoms with Crippen LogP contribution in [0.5, 0.6) is 5.75 Å². The van der Waals surface area contributed by atoms with Crippen LogP contribution in [0.1, 0.15) is 43.6 Å². The molecule has 3 aromatic rings. The van der Waals surface area contributed by atoms with Gasteiger partial charge in [0.15, 0.2) is 0 Å². The first-order valence-corrected chi connectivity index (χ1v) is 13.3. The van der Waals surface area contributed by atoms with E-state index in [1.54, 1.807) is 19.2 Å². The second kappa shape index (κ2) is 15.8. The number of piperidine rings is 1. The molecule has 0 bridgehead atoms. The highest BCUT2D eigenvalue weighted by Crippen LogP contribution is 2.33. The van der Waals surface area contributed by atoms with E-state index in [1.807, 2.05) is 12.1 Å². The summed E-state index contributed by atoms with van der Waals surface area (Å²) in [6, 6.07) is 13.5. The summed E-state index contributed by atoms with van der Waals surface area (Å²) in [5.41, 5.74) is 3.51. The second-order valence-corrected chi connectivity index (χ2v) is 10.1. The molecular formula is C29H42Cl3FN4O. The fraction of sp³-hybridized carbons (Fsp3) is 0.517. The van der Waals surface area contributed by atoms with E-state index in [-0.39, 0.29) is 43.0 Å². The molecule has 5 nitrogen and oxygen atoms in total. The number of methoxy groups -OCH3 is 1. The number of ether oxygens (including phenoxy) is 1. The summed E-state index contributed by atoms with van der Waals surface area (Å²) in [4.78, 5) is 11.0. The lowest BCUT2D eigenvalue weighted by Gasteiger charge is -2.36. The quantitative estimate of drug-likeness (QED) is 0.281. The van der Waals surface area contributed by atoms with Crippen LogP contribution in [0.25, 0.3) is 10.9 Å². The predicted molar refractivity (Wildman–Crippen MR) is 164 cm³/mol. The lowest BCUT2D eigenvalue weighted by molar-refractivity contribution is 0.205. The van der Waals surface area contributed by atoms with Crippen molar-refractivity contribution in [1.82, 2.24) is 14.8 Å². The fourth-order valence-corrected chi connectivity index (χ4v) is 5.88. The third kappa shape index (κ3) is 7.92. The molecule has 2 aliphatic rings. The highest BCUT2D eigenvalue weighted by molar-refractivity contribution is 5.86. The number of fused-ring (bicyclic) bond motifs is 1. The van der Waals surface area contributed by atoms with Crippen molar-refractivity contribution in [1.29, 1.82) is 0 Å². The van der Waals surface area contributed by atoms with Crippen molar-refractivity contribution >= 4 is 53.8 Å². The number of H-pyrrole nitrogens is 1. The Hall–Kier alpha value is -1.70. The summed E-state index contributed by atoms with van der Waals surface area (Å²) in [6.45, 7) is 9.17. The summed E-state index contributed by atoms with van der Waals surface area (Å²) >= 11 is 0. The minimum atomic E-state index is -0.171. The first-order valence-electron chi connectivity index (χ1n) is 13.3. The van der Waals surface area contributed by atoms with Crippen LogP contribution in [0.2, 0.25) is 0 Å². The summed E-state index contributed by atoms with van der Waals surface area (Å²) in [7, 11) is 1.75. The molecule has 3 heterocycles. The number of para-hydroxylation sites is 2. The number of benzene rings is 2. The number of aromatic amines is 1. The van der Waals surface area contributed by atoms with Crippen molar-refractivity contribution in [3.8, 4) is 5.75 Å². The van der Waals surface area contributed by atoms with Gasteiger partial charge in [0.05, 0.1) is 12.8 Å². The Morgan fingerprint density at radius 1 is 0.842 bits per heavy atom.